The first kappa shape index (κ1) is 13.9. The number of aromatic nitrogens is 3. The van der Waals surface area contributed by atoms with Crippen molar-refractivity contribution in [3.05, 3.63) is 4.60 Å². The van der Waals surface area contributed by atoms with Gasteiger partial charge in [0.1, 0.15) is 0 Å². The minimum atomic E-state index is -3.60. The summed E-state index contributed by atoms with van der Waals surface area (Å²) in [5.74, 6) is 0. The van der Waals surface area contributed by atoms with E-state index in [9.17, 15) is 8.42 Å². The van der Waals surface area contributed by atoms with E-state index in [1.165, 1.54) is 16.0 Å². The van der Waals surface area contributed by atoms with Gasteiger partial charge in [-0.1, -0.05) is 5.21 Å². The van der Waals surface area contributed by atoms with E-state index in [4.69, 9.17) is 4.74 Å². The van der Waals surface area contributed by atoms with Gasteiger partial charge in [-0.25, -0.2) is 13.1 Å². The third-order valence-corrected chi connectivity index (χ3v) is 5.59. The molecule has 0 saturated carbocycles. The average molecular weight is 339 g/mol. The molecule has 0 N–H and O–H groups in total. The van der Waals surface area contributed by atoms with Gasteiger partial charge in [-0.2, -0.15) is 4.31 Å². The summed E-state index contributed by atoms with van der Waals surface area (Å²) in [5.41, 5.74) is 0. The molecule has 1 atom stereocenters. The van der Waals surface area contributed by atoms with Crippen molar-refractivity contribution in [3.8, 4) is 0 Å². The summed E-state index contributed by atoms with van der Waals surface area (Å²) < 4.78 is 32.9. The van der Waals surface area contributed by atoms with Crippen LogP contribution < -0.4 is 0 Å². The Hall–Kier alpha value is -0.510. The average Bonchev–Trinajstić information content (AvgIpc) is 2.89. The maximum Gasteiger partial charge on any atom is 0.262 e. The highest BCUT2D eigenvalue weighted by molar-refractivity contribution is 9.10. The predicted octanol–water partition coefficient (Wildman–Crippen LogP) is 0.377. The molecule has 1 unspecified atom stereocenters. The van der Waals surface area contributed by atoms with Gasteiger partial charge in [-0.3, -0.25) is 0 Å². The second-order valence-corrected chi connectivity index (χ2v) is 6.94. The van der Waals surface area contributed by atoms with Gasteiger partial charge in [-0.05, 0) is 28.8 Å². The summed E-state index contributed by atoms with van der Waals surface area (Å²) in [5, 5.41) is 7.43. The third-order valence-electron chi connectivity index (χ3n) is 2.88. The molecule has 102 valence electrons. The van der Waals surface area contributed by atoms with Crippen LogP contribution in [0.15, 0.2) is 9.63 Å². The van der Waals surface area contributed by atoms with E-state index in [2.05, 4.69) is 26.2 Å². The summed E-state index contributed by atoms with van der Waals surface area (Å²) in [4.78, 5) is 0. The van der Waals surface area contributed by atoms with Gasteiger partial charge in [0.25, 0.3) is 10.0 Å². The molecule has 1 aromatic heterocycles. The molecule has 0 radical (unpaired) electrons. The summed E-state index contributed by atoms with van der Waals surface area (Å²) in [6, 6.07) is 0. The highest BCUT2D eigenvalue weighted by Gasteiger charge is 2.31. The number of ether oxygens (including phenoxy) is 1. The number of rotatable bonds is 4. The molecule has 1 fully saturated rings. The van der Waals surface area contributed by atoms with Crippen molar-refractivity contribution in [2.45, 2.75) is 24.0 Å². The lowest BCUT2D eigenvalue weighted by Crippen LogP contribution is -2.35. The molecule has 0 aromatic carbocycles. The highest BCUT2D eigenvalue weighted by Crippen LogP contribution is 2.22. The zero-order valence-electron chi connectivity index (χ0n) is 10.2. The van der Waals surface area contributed by atoms with E-state index < -0.39 is 10.0 Å². The number of hydrogen-bond acceptors (Lipinski definition) is 5. The van der Waals surface area contributed by atoms with E-state index in [0.29, 0.717) is 13.2 Å². The van der Waals surface area contributed by atoms with Crippen molar-refractivity contribution in [1.29, 1.82) is 0 Å². The van der Waals surface area contributed by atoms with Crippen LogP contribution >= 0.6 is 15.9 Å². The van der Waals surface area contributed by atoms with Crippen LogP contribution in [-0.2, 0) is 21.8 Å². The van der Waals surface area contributed by atoms with Crippen molar-refractivity contribution < 1.29 is 13.2 Å². The molecule has 1 aromatic rings. The largest absolute Gasteiger partial charge is 0.377 e. The van der Waals surface area contributed by atoms with E-state index >= 15 is 0 Å². The Kier molecular flexibility index (Phi) is 4.05. The van der Waals surface area contributed by atoms with Crippen LogP contribution in [-0.4, -0.2) is 54.0 Å². The Bertz CT molecular complexity index is 504. The topological polar surface area (TPSA) is 77.3 Å². The second-order valence-electron chi connectivity index (χ2n) is 4.23. The first-order valence-corrected chi connectivity index (χ1v) is 7.79. The van der Waals surface area contributed by atoms with Crippen LogP contribution in [0.5, 0.6) is 0 Å². The van der Waals surface area contributed by atoms with E-state index in [0.717, 1.165) is 12.8 Å². The lowest BCUT2D eigenvalue weighted by atomic mass is 10.2. The van der Waals surface area contributed by atoms with Crippen LogP contribution in [0.2, 0.25) is 0 Å². The Morgan fingerprint density at radius 2 is 2.33 bits per heavy atom. The molecule has 0 amide bonds. The Morgan fingerprint density at radius 3 is 2.83 bits per heavy atom. The minimum absolute atomic E-state index is 0.0234. The van der Waals surface area contributed by atoms with Crippen molar-refractivity contribution in [2.24, 2.45) is 7.05 Å². The first-order chi connectivity index (χ1) is 8.43. The fourth-order valence-corrected chi connectivity index (χ4v) is 4.14. The molecule has 2 rings (SSSR count). The number of halogens is 1. The van der Waals surface area contributed by atoms with E-state index in [1.807, 2.05) is 0 Å². The van der Waals surface area contributed by atoms with Gasteiger partial charge in [-0.15, -0.1) is 5.10 Å². The minimum Gasteiger partial charge on any atom is -0.377 e. The lowest BCUT2D eigenvalue weighted by Gasteiger charge is -2.20. The zero-order valence-corrected chi connectivity index (χ0v) is 12.6. The molecule has 2 heterocycles. The molecule has 1 aliphatic rings. The standard InChI is InChI=1S/C9H15BrN4O3S/c1-13(6-7-4-3-5-17-7)18(15,16)9-8(10)11-12-14(9)2/h7H,3-6H2,1-2H3. The molecular formula is C9H15BrN4O3S. The van der Waals surface area contributed by atoms with E-state index in [-0.39, 0.29) is 15.7 Å². The van der Waals surface area contributed by atoms with Crippen LogP contribution in [0.3, 0.4) is 0 Å². The van der Waals surface area contributed by atoms with Crippen molar-refractivity contribution in [3.63, 3.8) is 0 Å². The Labute approximate surface area is 114 Å². The summed E-state index contributed by atoms with van der Waals surface area (Å²) in [6.07, 6.45) is 1.85. The van der Waals surface area contributed by atoms with Crippen molar-refractivity contribution in [2.75, 3.05) is 20.2 Å². The number of likely N-dealkylation sites (N-methyl/N-ethyl adjacent to an activating group) is 1. The van der Waals surface area contributed by atoms with Crippen LogP contribution in [0.4, 0.5) is 0 Å². The van der Waals surface area contributed by atoms with Gasteiger partial charge in [0.15, 0.2) is 4.60 Å². The summed E-state index contributed by atoms with van der Waals surface area (Å²) >= 11 is 3.10. The molecule has 0 aliphatic carbocycles. The van der Waals surface area contributed by atoms with Gasteiger partial charge in [0, 0.05) is 27.2 Å². The highest BCUT2D eigenvalue weighted by atomic mass is 79.9. The zero-order chi connectivity index (χ0) is 13.3. The molecule has 1 aliphatic heterocycles. The quantitative estimate of drug-likeness (QED) is 0.792. The fraction of sp³-hybridized carbons (Fsp3) is 0.778. The molecular weight excluding hydrogens is 324 g/mol. The number of hydrogen-bond donors (Lipinski definition) is 0. The maximum absolute atomic E-state index is 12.4. The maximum atomic E-state index is 12.4. The normalized spacial score (nSPS) is 20.8. The number of nitrogens with zero attached hydrogens (tertiary/aromatic N) is 4. The van der Waals surface area contributed by atoms with Gasteiger partial charge < -0.3 is 4.74 Å². The third kappa shape index (κ3) is 2.58. The van der Waals surface area contributed by atoms with Crippen molar-refractivity contribution in [1.82, 2.24) is 19.3 Å². The SMILES string of the molecule is CN(CC1CCCO1)S(=O)(=O)c1c(Br)nnn1C. The molecule has 18 heavy (non-hydrogen) atoms. The predicted molar refractivity (Wildman–Crippen MR) is 67.5 cm³/mol. The van der Waals surface area contributed by atoms with Gasteiger partial charge in [0.2, 0.25) is 5.03 Å². The van der Waals surface area contributed by atoms with Gasteiger partial charge in [0.05, 0.1) is 6.10 Å². The molecule has 0 spiro atoms. The van der Waals surface area contributed by atoms with Crippen molar-refractivity contribution >= 4 is 26.0 Å². The second kappa shape index (κ2) is 5.24. The monoisotopic (exact) mass is 338 g/mol. The molecule has 1 saturated heterocycles. The number of aryl methyl sites for hydroxylation is 1. The fourth-order valence-electron chi connectivity index (χ4n) is 1.92. The lowest BCUT2D eigenvalue weighted by molar-refractivity contribution is 0.0978. The Morgan fingerprint density at radius 1 is 1.61 bits per heavy atom. The molecule has 0 bridgehead atoms. The summed E-state index contributed by atoms with van der Waals surface area (Å²) in [7, 11) is -0.516. The molecule has 7 nitrogen and oxygen atoms in total. The Balaban J connectivity index is 2.20. The smallest absolute Gasteiger partial charge is 0.262 e. The van der Waals surface area contributed by atoms with Gasteiger partial charge >= 0.3 is 0 Å². The first-order valence-electron chi connectivity index (χ1n) is 5.56. The van der Waals surface area contributed by atoms with Crippen LogP contribution in [0.1, 0.15) is 12.8 Å². The molecule has 9 heteroatoms. The number of sulfonamides is 1. The van der Waals surface area contributed by atoms with Crippen LogP contribution in [0, 0.1) is 0 Å². The van der Waals surface area contributed by atoms with E-state index in [1.54, 1.807) is 7.05 Å². The summed E-state index contributed by atoms with van der Waals surface area (Å²) in [6.45, 7) is 1.05. The van der Waals surface area contributed by atoms with Crippen LogP contribution in [0.25, 0.3) is 0 Å².